The summed E-state index contributed by atoms with van der Waals surface area (Å²) in [6.45, 7) is 15.9. The van der Waals surface area contributed by atoms with Crippen LogP contribution in [0.2, 0.25) is 18.1 Å². The smallest absolute Gasteiger partial charge is 0.307 e. The molecule has 2 rings (SSSR count). The summed E-state index contributed by atoms with van der Waals surface area (Å²) in [5.41, 5.74) is 0. The lowest BCUT2D eigenvalue weighted by molar-refractivity contribution is -0.154. The van der Waals surface area contributed by atoms with Crippen molar-refractivity contribution in [3.8, 4) is 0 Å². The Balaban J connectivity index is 2.25. The van der Waals surface area contributed by atoms with Crippen LogP contribution < -0.4 is 0 Å². The first-order chi connectivity index (χ1) is 14.2. The second kappa shape index (κ2) is 10.00. The van der Waals surface area contributed by atoms with Gasteiger partial charge in [-0.3, -0.25) is 9.59 Å². The van der Waals surface area contributed by atoms with Gasteiger partial charge in [0, 0.05) is 11.8 Å². The largest absolute Gasteiger partial charge is 0.433 e. The molecule has 0 N–H and O–H groups in total. The van der Waals surface area contributed by atoms with E-state index >= 15 is 0 Å². The van der Waals surface area contributed by atoms with E-state index in [2.05, 4.69) is 33.9 Å². The van der Waals surface area contributed by atoms with E-state index in [0.29, 0.717) is 0 Å². The van der Waals surface area contributed by atoms with Gasteiger partial charge in [-0.2, -0.15) is 0 Å². The molecule has 1 aliphatic heterocycles. The van der Waals surface area contributed by atoms with E-state index < -0.39 is 32.3 Å². The summed E-state index contributed by atoms with van der Waals surface area (Å²) in [4.78, 5) is 25.9. The average Bonchev–Trinajstić information content (AvgIpc) is 2.97. The third-order valence-corrected chi connectivity index (χ3v) is 10.9. The fourth-order valence-electron chi connectivity index (χ4n) is 2.71. The van der Waals surface area contributed by atoms with Crippen LogP contribution in [0.15, 0.2) is 46.4 Å². The van der Waals surface area contributed by atoms with Gasteiger partial charge >= 0.3 is 5.97 Å². The molecule has 0 aliphatic carbocycles. The van der Waals surface area contributed by atoms with Crippen molar-refractivity contribution in [3.63, 3.8) is 0 Å². The quantitative estimate of drug-likeness (QED) is 0.169. The van der Waals surface area contributed by atoms with Gasteiger partial charge < -0.3 is 18.6 Å². The summed E-state index contributed by atoms with van der Waals surface area (Å²) in [7, 11) is -2.04. The molecule has 1 heterocycles. The van der Waals surface area contributed by atoms with Crippen molar-refractivity contribution in [2.45, 2.75) is 82.6 Å². The molecule has 0 unspecified atom stereocenters. The SMILES string of the molecule is CC(=O)O/C=C(\Sc1ccccc1)C(=O)[C@@H]1OC(C)(C)O[C@@H]1CO[Si](C)(C)C(C)(C)C. The number of rotatable bonds is 8. The summed E-state index contributed by atoms with van der Waals surface area (Å²) >= 11 is 1.22. The van der Waals surface area contributed by atoms with Crippen LogP contribution in [0, 0.1) is 0 Å². The van der Waals surface area contributed by atoms with Crippen molar-refractivity contribution in [3.05, 3.63) is 41.5 Å². The van der Waals surface area contributed by atoms with Gasteiger partial charge in [-0.1, -0.05) is 50.7 Å². The van der Waals surface area contributed by atoms with E-state index in [0.717, 1.165) is 4.90 Å². The summed E-state index contributed by atoms with van der Waals surface area (Å²) in [6.07, 6.45) is -0.227. The predicted octanol–water partition coefficient (Wildman–Crippen LogP) is 5.29. The molecule has 31 heavy (non-hydrogen) atoms. The minimum atomic E-state index is -2.04. The number of carbonyl (C=O) groups is 2. The van der Waals surface area contributed by atoms with E-state index in [-0.39, 0.29) is 22.3 Å². The molecule has 0 bridgehead atoms. The highest BCUT2D eigenvalue weighted by Crippen LogP contribution is 2.39. The molecule has 1 fully saturated rings. The molecule has 6 nitrogen and oxygen atoms in total. The van der Waals surface area contributed by atoms with E-state index in [1.165, 1.54) is 24.9 Å². The molecule has 8 heteroatoms. The predicted molar refractivity (Wildman–Crippen MR) is 124 cm³/mol. The summed E-state index contributed by atoms with van der Waals surface area (Å²) in [5, 5.41) is 0.0328. The molecule has 0 saturated carbocycles. The molecule has 1 saturated heterocycles. The Labute approximate surface area is 190 Å². The van der Waals surface area contributed by atoms with Gasteiger partial charge in [0.15, 0.2) is 20.2 Å². The fraction of sp³-hybridized carbons (Fsp3) is 0.565. The fourth-order valence-corrected chi connectivity index (χ4v) is 4.59. The zero-order chi connectivity index (χ0) is 23.4. The first-order valence-corrected chi connectivity index (χ1v) is 14.1. The van der Waals surface area contributed by atoms with Crippen LogP contribution in [0.25, 0.3) is 0 Å². The number of benzene rings is 1. The lowest BCUT2D eigenvalue weighted by Crippen LogP contribution is -2.45. The zero-order valence-electron chi connectivity index (χ0n) is 19.7. The highest BCUT2D eigenvalue weighted by Gasteiger charge is 2.47. The van der Waals surface area contributed by atoms with Crippen LogP contribution in [0.3, 0.4) is 0 Å². The summed E-state index contributed by atoms with van der Waals surface area (Å²) in [5.74, 6) is -1.73. The second-order valence-electron chi connectivity index (χ2n) is 9.54. The van der Waals surface area contributed by atoms with Gasteiger partial charge in [-0.05, 0) is 44.1 Å². The number of hydrogen-bond donors (Lipinski definition) is 0. The van der Waals surface area contributed by atoms with E-state index in [4.69, 9.17) is 18.6 Å². The number of thioether (sulfide) groups is 1. The van der Waals surface area contributed by atoms with Crippen molar-refractivity contribution in [2.75, 3.05) is 6.61 Å². The van der Waals surface area contributed by atoms with Gasteiger partial charge in [-0.15, -0.1) is 0 Å². The molecule has 0 spiro atoms. The zero-order valence-corrected chi connectivity index (χ0v) is 21.5. The number of esters is 1. The van der Waals surface area contributed by atoms with Crippen molar-refractivity contribution in [2.24, 2.45) is 0 Å². The van der Waals surface area contributed by atoms with Crippen LogP contribution in [0.1, 0.15) is 41.5 Å². The van der Waals surface area contributed by atoms with E-state index in [9.17, 15) is 9.59 Å². The summed E-state index contributed by atoms with van der Waals surface area (Å²) in [6, 6.07) is 9.42. The summed E-state index contributed by atoms with van der Waals surface area (Å²) < 4.78 is 23.4. The molecule has 0 aromatic heterocycles. The number of ketones is 1. The van der Waals surface area contributed by atoms with Gasteiger partial charge in [0.25, 0.3) is 0 Å². The van der Waals surface area contributed by atoms with Crippen molar-refractivity contribution in [1.82, 2.24) is 0 Å². The molecular weight excluding hydrogens is 432 g/mol. The topological polar surface area (TPSA) is 71.1 Å². The Hall–Kier alpha value is -1.45. The van der Waals surface area contributed by atoms with Gasteiger partial charge in [0.2, 0.25) is 5.78 Å². The average molecular weight is 467 g/mol. The van der Waals surface area contributed by atoms with Gasteiger partial charge in [0.1, 0.15) is 12.4 Å². The van der Waals surface area contributed by atoms with Crippen molar-refractivity contribution < 1.29 is 28.2 Å². The van der Waals surface area contributed by atoms with E-state index in [1.54, 1.807) is 13.8 Å². The minimum absolute atomic E-state index is 0.0328. The minimum Gasteiger partial charge on any atom is -0.433 e. The van der Waals surface area contributed by atoms with Crippen LogP contribution in [-0.4, -0.2) is 44.7 Å². The third kappa shape index (κ3) is 7.29. The number of carbonyl (C=O) groups excluding carboxylic acids is 2. The Kier molecular flexibility index (Phi) is 8.32. The molecule has 0 radical (unpaired) electrons. The number of hydrogen-bond acceptors (Lipinski definition) is 7. The molecule has 1 aromatic rings. The van der Waals surface area contributed by atoms with Crippen molar-refractivity contribution in [1.29, 1.82) is 0 Å². The Morgan fingerprint density at radius 3 is 2.32 bits per heavy atom. The highest BCUT2D eigenvalue weighted by atomic mass is 32.2. The second-order valence-corrected chi connectivity index (χ2v) is 15.5. The molecule has 172 valence electrons. The lowest BCUT2D eigenvalue weighted by Gasteiger charge is -2.37. The molecule has 0 amide bonds. The molecule has 1 aliphatic rings. The maximum Gasteiger partial charge on any atom is 0.307 e. The van der Waals surface area contributed by atoms with Crippen molar-refractivity contribution >= 4 is 31.8 Å². The number of Topliss-reactive ketones (excluding diaryl/α,β-unsaturated/α-hetero) is 1. The Morgan fingerprint density at radius 1 is 1.16 bits per heavy atom. The van der Waals surface area contributed by atoms with E-state index in [1.807, 2.05) is 30.3 Å². The number of ether oxygens (including phenoxy) is 3. The van der Waals surface area contributed by atoms with Crippen LogP contribution >= 0.6 is 11.8 Å². The molecule has 1 aromatic carbocycles. The molecule has 2 atom stereocenters. The monoisotopic (exact) mass is 466 g/mol. The standard InChI is InChI=1S/C23H34O6SSi/c1-16(24)26-15-19(30-17-12-10-9-11-13-17)20(25)21-18(28-23(5,6)29-21)14-27-31(7,8)22(2,3)4/h9-13,15,18,21H,14H2,1-8H3/b19-15-/t18-,21-/m1/s1. The van der Waals surface area contributed by atoms with Crippen LogP contribution in [0.4, 0.5) is 0 Å². The lowest BCUT2D eigenvalue weighted by atomic mass is 10.1. The highest BCUT2D eigenvalue weighted by molar-refractivity contribution is 8.04. The van der Waals surface area contributed by atoms with Gasteiger partial charge in [-0.25, -0.2) is 0 Å². The van der Waals surface area contributed by atoms with Crippen LogP contribution in [0.5, 0.6) is 0 Å². The maximum absolute atomic E-state index is 13.5. The Morgan fingerprint density at radius 2 is 1.77 bits per heavy atom. The normalized spacial score (nSPS) is 21.7. The van der Waals surface area contributed by atoms with Gasteiger partial charge in [0.05, 0.1) is 11.5 Å². The first-order valence-electron chi connectivity index (χ1n) is 10.4. The van der Waals surface area contributed by atoms with Crippen LogP contribution in [-0.2, 0) is 28.2 Å². The first kappa shape index (κ1) is 25.8. The molecular formula is C23H34O6SSi. The maximum atomic E-state index is 13.5. The Bertz CT molecular complexity index is 813. The third-order valence-electron chi connectivity index (χ3n) is 5.40.